The fraction of sp³-hybridized carbons (Fsp3) is 0.857. The highest BCUT2D eigenvalue weighted by Crippen LogP contribution is 2.35. The number of isocyanates is 1. The van der Waals surface area contributed by atoms with Gasteiger partial charge in [0.2, 0.25) is 6.08 Å². The molecule has 2 heteroatoms. The van der Waals surface area contributed by atoms with Crippen LogP contribution in [-0.4, -0.2) is 12.1 Å². The Morgan fingerprint density at radius 1 is 1.78 bits per heavy atom. The van der Waals surface area contributed by atoms with Crippen molar-refractivity contribution in [3.05, 3.63) is 0 Å². The van der Waals surface area contributed by atoms with E-state index in [1.165, 1.54) is 12.8 Å². The first-order chi connectivity index (χ1) is 4.38. The van der Waals surface area contributed by atoms with Gasteiger partial charge >= 0.3 is 0 Å². The van der Waals surface area contributed by atoms with Crippen LogP contribution in [0.15, 0.2) is 4.99 Å². The van der Waals surface area contributed by atoms with Gasteiger partial charge in [-0.05, 0) is 25.2 Å². The van der Waals surface area contributed by atoms with Gasteiger partial charge in [0.1, 0.15) is 0 Å². The van der Waals surface area contributed by atoms with E-state index in [0.29, 0.717) is 5.92 Å². The second kappa shape index (κ2) is 2.79. The van der Waals surface area contributed by atoms with Crippen LogP contribution in [0.3, 0.4) is 0 Å². The van der Waals surface area contributed by atoms with Gasteiger partial charge in [-0.1, -0.05) is 6.92 Å². The Hall–Kier alpha value is -0.620. The van der Waals surface area contributed by atoms with Gasteiger partial charge in [0, 0.05) is 0 Å². The van der Waals surface area contributed by atoms with Gasteiger partial charge in [-0.2, -0.15) is 0 Å². The van der Waals surface area contributed by atoms with Crippen LogP contribution < -0.4 is 0 Å². The van der Waals surface area contributed by atoms with E-state index >= 15 is 0 Å². The Bertz CT molecular complexity index is 134. The topological polar surface area (TPSA) is 29.4 Å². The summed E-state index contributed by atoms with van der Waals surface area (Å²) in [6.07, 6.45) is 5.11. The summed E-state index contributed by atoms with van der Waals surface area (Å²) in [5, 5.41) is 0. The summed E-state index contributed by atoms with van der Waals surface area (Å²) in [4.78, 5) is 13.5. The maximum atomic E-state index is 9.81. The van der Waals surface area contributed by atoms with Crippen LogP contribution in [-0.2, 0) is 4.79 Å². The zero-order valence-corrected chi connectivity index (χ0v) is 5.63. The number of carbonyl (C=O) groups excluding carboxylic acids is 1. The van der Waals surface area contributed by atoms with Gasteiger partial charge < -0.3 is 0 Å². The van der Waals surface area contributed by atoms with E-state index in [2.05, 4.69) is 11.9 Å². The number of rotatable bonds is 3. The molecule has 0 aromatic carbocycles. The highest BCUT2D eigenvalue weighted by Gasteiger charge is 2.29. The molecule has 0 radical (unpaired) electrons. The molecule has 50 valence electrons. The van der Waals surface area contributed by atoms with Gasteiger partial charge in [0.05, 0.1) is 6.04 Å². The summed E-state index contributed by atoms with van der Waals surface area (Å²) in [6.45, 7) is 2.06. The minimum absolute atomic E-state index is 0.280. The second-order valence-corrected chi connectivity index (χ2v) is 2.53. The van der Waals surface area contributed by atoms with Crippen molar-refractivity contribution in [2.75, 3.05) is 0 Å². The zero-order chi connectivity index (χ0) is 6.69. The molecule has 0 aliphatic heterocycles. The molecule has 1 saturated carbocycles. The third kappa shape index (κ3) is 1.65. The van der Waals surface area contributed by atoms with Crippen LogP contribution in [0.1, 0.15) is 26.2 Å². The van der Waals surface area contributed by atoms with Gasteiger partial charge in [0.25, 0.3) is 0 Å². The lowest BCUT2D eigenvalue weighted by molar-refractivity contribution is 0.537. The molecule has 0 spiro atoms. The first-order valence-corrected chi connectivity index (χ1v) is 3.45. The van der Waals surface area contributed by atoms with Crippen molar-refractivity contribution in [2.45, 2.75) is 32.2 Å². The van der Waals surface area contributed by atoms with Gasteiger partial charge in [-0.3, -0.25) is 0 Å². The molecule has 1 aliphatic carbocycles. The molecule has 1 fully saturated rings. The highest BCUT2D eigenvalue weighted by molar-refractivity contribution is 5.33. The predicted molar refractivity (Wildman–Crippen MR) is 34.9 cm³/mol. The van der Waals surface area contributed by atoms with E-state index < -0.39 is 0 Å². The maximum Gasteiger partial charge on any atom is 0.235 e. The van der Waals surface area contributed by atoms with Crippen LogP contribution >= 0.6 is 0 Å². The molecule has 2 nitrogen and oxygen atoms in total. The third-order valence-corrected chi connectivity index (χ3v) is 1.80. The molecule has 0 aromatic heterocycles. The van der Waals surface area contributed by atoms with E-state index in [4.69, 9.17) is 0 Å². The van der Waals surface area contributed by atoms with E-state index in [1.807, 2.05) is 0 Å². The van der Waals surface area contributed by atoms with E-state index in [0.717, 1.165) is 6.42 Å². The molecule has 0 heterocycles. The summed E-state index contributed by atoms with van der Waals surface area (Å²) in [5.74, 6) is 0.705. The lowest BCUT2D eigenvalue weighted by Crippen LogP contribution is -2.03. The van der Waals surface area contributed by atoms with E-state index in [9.17, 15) is 4.79 Å². The van der Waals surface area contributed by atoms with Crippen molar-refractivity contribution in [1.29, 1.82) is 0 Å². The molecule has 0 bridgehead atoms. The maximum absolute atomic E-state index is 9.81. The lowest BCUT2D eigenvalue weighted by atomic mass is 10.1. The molecule has 0 saturated heterocycles. The van der Waals surface area contributed by atoms with Crippen molar-refractivity contribution >= 4 is 6.08 Å². The van der Waals surface area contributed by atoms with Crippen LogP contribution in [0.2, 0.25) is 0 Å². The minimum Gasteiger partial charge on any atom is -0.211 e. The summed E-state index contributed by atoms with van der Waals surface area (Å²) < 4.78 is 0. The first kappa shape index (κ1) is 6.50. The molecule has 0 amide bonds. The third-order valence-electron chi connectivity index (χ3n) is 1.80. The summed E-state index contributed by atoms with van der Waals surface area (Å²) in [6, 6.07) is 0.280. The molecule has 1 atom stereocenters. The van der Waals surface area contributed by atoms with Crippen LogP contribution in [0.5, 0.6) is 0 Å². The zero-order valence-electron chi connectivity index (χ0n) is 5.63. The van der Waals surface area contributed by atoms with Crippen LogP contribution in [0, 0.1) is 5.92 Å². The van der Waals surface area contributed by atoms with Gasteiger partial charge in [-0.15, -0.1) is 0 Å². The molecule has 9 heavy (non-hydrogen) atoms. The van der Waals surface area contributed by atoms with Crippen LogP contribution in [0.25, 0.3) is 0 Å². The quantitative estimate of drug-likeness (QED) is 0.415. The fourth-order valence-corrected chi connectivity index (χ4v) is 1.08. The average Bonchev–Trinajstić information content (AvgIpc) is 2.64. The average molecular weight is 125 g/mol. The fourth-order valence-electron chi connectivity index (χ4n) is 1.08. The monoisotopic (exact) mass is 125 g/mol. The highest BCUT2D eigenvalue weighted by atomic mass is 16.1. The Morgan fingerprint density at radius 2 is 2.44 bits per heavy atom. The molecule has 1 rings (SSSR count). The van der Waals surface area contributed by atoms with Gasteiger partial charge in [-0.25, -0.2) is 9.79 Å². The lowest BCUT2D eigenvalue weighted by Gasteiger charge is -2.01. The number of hydrogen-bond donors (Lipinski definition) is 0. The van der Waals surface area contributed by atoms with Crippen molar-refractivity contribution in [3.63, 3.8) is 0 Å². The number of hydrogen-bond acceptors (Lipinski definition) is 2. The van der Waals surface area contributed by atoms with Crippen LogP contribution in [0.4, 0.5) is 0 Å². The molecule has 0 aromatic rings. The standard InChI is InChI=1S/C7H11NO/c1-2-7(8-5-9)6-3-4-6/h6-7H,2-4H2,1H3. The normalized spacial score (nSPS) is 20.6. The second-order valence-electron chi connectivity index (χ2n) is 2.53. The SMILES string of the molecule is CCC(N=C=O)C1CC1. The smallest absolute Gasteiger partial charge is 0.211 e. The molecule has 1 aliphatic rings. The molecular weight excluding hydrogens is 114 g/mol. The Morgan fingerprint density at radius 3 is 2.78 bits per heavy atom. The first-order valence-electron chi connectivity index (χ1n) is 3.45. The largest absolute Gasteiger partial charge is 0.235 e. The van der Waals surface area contributed by atoms with Crippen molar-refractivity contribution in [2.24, 2.45) is 10.9 Å². The van der Waals surface area contributed by atoms with Crippen molar-refractivity contribution < 1.29 is 4.79 Å². The van der Waals surface area contributed by atoms with E-state index in [-0.39, 0.29) is 6.04 Å². The number of nitrogens with zero attached hydrogens (tertiary/aromatic N) is 1. The summed E-state index contributed by atoms with van der Waals surface area (Å²) in [7, 11) is 0. The molecule has 1 unspecified atom stereocenters. The Labute approximate surface area is 55.0 Å². The molecule has 0 N–H and O–H groups in total. The Kier molecular flexibility index (Phi) is 2.01. The number of aliphatic imine (C=N–C) groups is 1. The van der Waals surface area contributed by atoms with Crippen molar-refractivity contribution in [3.8, 4) is 0 Å². The van der Waals surface area contributed by atoms with E-state index in [1.54, 1.807) is 6.08 Å². The Balaban J connectivity index is 2.37. The van der Waals surface area contributed by atoms with Crippen molar-refractivity contribution in [1.82, 2.24) is 0 Å². The molecular formula is C7H11NO. The summed E-state index contributed by atoms with van der Waals surface area (Å²) in [5.41, 5.74) is 0. The minimum atomic E-state index is 0.280. The predicted octanol–water partition coefficient (Wildman–Crippen LogP) is 1.51. The summed E-state index contributed by atoms with van der Waals surface area (Å²) >= 11 is 0. The van der Waals surface area contributed by atoms with Gasteiger partial charge in [0.15, 0.2) is 0 Å².